The van der Waals surface area contributed by atoms with Gasteiger partial charge in [-0.1, -0.05) is 48.5 Å². The molecule has 0 saturated carbocycles. The van der Waals surface area contributed by atoms with Gasteiger partial charge in [-0.3, -0.25) is 9.59 Å². The average molecular weight is 433 g/mol. The van der Waals surface area contributed by atoms with E-state index in [2.05, 4.69) is 0 Å². The second-order valence-corrected chi connectivity index (χ2v) is 10.9. The molecule has 3 aromatic carbocycles. The largest absolute Gasteiger partial charge is 0.302 e. The van der Waals surface area contributed by atoms with Crippen LogP contribution >= 0.6 is 7.14 Å². The van der Waals surface area contributed by atoms with Crippen molar-refractivity contribution in [1.82, 2.24) is 0 Å². The molecule has 0 saturated heterocycles. The van der Waals surface area contributed by atoms with E-state index in [1.165, 1.54) is 0 Å². The second kappa shape index (κ2) is 8.40. The van der Waals surface area contributed by atoms with E-state index in [-0.39, 0.29) is 5.30 Å². The van der Waals surface area contributed by atoms with Crippen molar-refractivity contribution >= 4 is 23.5 Å². The van der Waals surface area contributed by atoms with Gasteiger partial charge in [0, 0.05) is 16.4 Å². The van der Waals surface area contributed by atoms with Crippen LogP contribution in [0.1, 0.15) is 59.7 Å². The normalized spacial score (nSPS) is 13.0. The van der Waals surface area contributed by atoms with Crippen molar-refractivity contribution in [3.63, 3.8) is 0 Å². The molecule has 3 rings (SSSR count). The van der Waals surface area contributed by atoms with E-state index in [0.717, 1.165) is 38.9 Å². The average Bonchev–Trinajstić information content (AvgIpc) is 2.74. The highest BCUT2D eigenvalue weighted by atomic mass is 31.2. The lowest BCUT2D eigenvalue weighted by Gasteiger charge is -2.22. The van der Waals surface area contributed by atoms with Gasteiger partial charge in [0.25, 0.3) is 0 Å². The fraction of sp³-hybridized carbons (Fsp3) is 0.259. The van der Waals surface area contributed by atoms with E-state index < -0.39 is 18.2 Å². The molecule has 0 radical (unpaired) electrons. The van der Waals surface area contributed by atoms with Gasteiger partial charge in [-0.2, -0.15) is 0 Å². The molecule has 0 aromatic heterocycles. The van der Waals surface area contributed by atoms with Crippen LogP contribution in [0.4, 0.5) is 0 Å². The van der Waals surface area contributed by atoms with Crippen molar-refractivity contribution in [3.05, 3.63) is 98.6 Å². The molecule has 0 aliphatic carbocycles. The van der Waals surface area contributed by atoms with Crippen LogP contribution < -0.4 is 5.30 Å². The first kappa shape index (κ1) is 22.9. The predicted molar refractivity (Wildman–Crippen MR) is 128 cm³/mol. The van der Waals surface area contributed by atoms with Gasteiger partial charge in [0.15, 0.2) is 0 Å². The zero-order valence-electron chi connectivity index (χ0n) is 19.3. The van der Waals surface area contributed by atoms with Crippen molar-refractivity contribution in [2.45, 2.75) is 48.5 Å². The SMILES string of the molecule is Cc1cc(C)c(C(=O)P(=O)(C(=O)c2c(C)ccc(C)c2C)c2ccccc2)c(C)c1C. The topological polar surface area (TPSA) is 51.2 Å². The summed E-state index contributed by atoms with van der Waals surface area (Å²) in [6.07, 6.45) is 0. The second-order valence-electron chi connectivity index (χ2n) is 8.39. The van der Waals surface area contributed by atoms with E-state index in [9.17, 15) is 14.2 Å². The summed E-state index contributed by atoms with van der Waals surface area (Å²) in [5.41, 5.74) is 5.61. The highest BCUT2D eigenvalue weighted by molar-refractivity contribution is 8.01. The highest BCUT2D eigenvalue weighted by Crippen LogP contribution is 2.53. The first-order chi connectivity index (χ1) is 14.5. The van der Waals surface area contributed by atoms with E-state index in [1.54, 1.807) is 30.3 Å². The molecule has 0 fully saturated rings. The lowest BCUT2D eigenvalue weighted by atomic mass is 9.95. The third kappa shape index (κ3) is 3.72. The summed E-state index contributed by atoms with van der Waals surface area (Å²) in [6, 6.07) is 14.2. The van der Waals surface area contributed by atoms with Crippen molar-refractivity contribution < 1.29 is 14.2 Å². The van der Waals surface area contributed by atoms with E-state index in [0.29, 0.717) is 11.1 Å². The molecule has 3 aromatic rings. The smallest absolute Gasteiger partial charge is 0.248 e. The lowest BCUT2D eigenvalue weighted by molar-refractivity contribution is 0.104. The van der Waals surface area contributed by atoms with Gasteiger partial charge in [0.2, 0.25) is 18.2 Å². The number of carbonyl (C=O) groups excluding carboxylic acids is 2. The fourth-order valence-corrected chi connectivity index (χ4v) is 6.74. The van der Waals surface area contributed by atoms with Crippen LogP contribution in [0.2, 0.25) is 0 Å². The predicted octanol–water partition coefficient (Wildman–Crippen LogP) is 6.51. The minimum atomic E-state index is -4.14. The summed E-state index contributed by atoms with van der Waals surface area (Å²) in [5.74, 6) is 0. The molecule has 0 aliphatic rings. The molecule has 0 N–H and O–H groups in total. The summed E-state index contributed by atoms with van der Waals surface area (Å²) in [5, 5.41) is 0.280. The maximum Gasteiger partial charge on any atom is 0.248 e. The van der Waals surface area contributed by atoms with Gasteiger partial charge in [-0.05, 0) is 87.4 Å². The van der Waals surface area contributed by atoms with Gasteiger partial charge in [0.05, 0.1) is 0 Å². The van der Waals surface area contributed by atoms with E-state index in [1.807, 2.05) is 66.7 Å². The van der Waals surface area contributed by atoms with Crippen molar-refractivity contribution in [2.75, 3.05) is 0 Å². The van der Waals surface area contributed by atoms with Gasteiger partial charge < -0.3 is 4.57 Å². The number of hydrogen-bond donors (Lipinski definition) is 0. The van der Waals surface area contributed by atoms with Crippen LogP contribution in [0.25, 0.3) is 0 Å². The van der Waals surface area contributed by atoms with Crippen molar-refractivity contribution in [2.24, 2.45) is 0 Å². The quantitative estimate of drug-likeness (QED) is 0.432. The Labute approximate surface area is 184 Å². The molecule has 1 unspecified atom stereocenters. The fourth-order valence-electron chi connectivity index (χ4n) is 4.17. The minimum absolute atomic E-state index is 0.280. The number of aryl methyl sites for hydroxylation is 4. The van der Waals surface area contributed by atoms with Gasteiger partial charge >= 0.3 is 0 Å². The van der Waals surface area contributed by atoms with Crippen LogP contribution in [0.15, 0.2) is 48.5 Å². The van der Waals surface area contributed by atoms with Gasteiger partial charge in [-0.15, -0.1) is 0 Å². The van der Waals surface area contributed by atoms with E-state index in [4.69, 9.17) is 0 Å². The van der Waals surface area contributed by atoms with Crippen LogP contribution in [0.5, 0.6) is 0 Å². The molecular formula is C27H29O3P. The summed E-state index contributed by atoms with van der Waals surface area (Å²) in [7, 11) is -4.14. The third-order valence-electron chi connectivity index (χ3n) is 6.42. The van der Waals surface area contributed by atoms with Gasteiger partial charge in [-0.25, -0.2) is 0 Å². The molecule has 0 amide bonds. The minimum Gasteiger partial charge on any atom is -0.302 e. The maximum absolute atomic E-state index is 14.6. The Morgan fingerprint density at radius 1 is 0.581 bits per heavy atom. The molecule has 160 valence electrons. The van der Waals surface area contributed by atoms with Crippen molar-refractivity contribution in [3.8, 4) is 0 Å². The highest BCUT2D eigenvalue weighted by Gasteiger charge is 2.44. The van der Waals surface area contributed by atoms with Crippen LogP contribution in [-0.4, -0.2) is 11.0 Å². The Morgan fingerprint density at radius 3 is 1.68 bits per heavy atom. The number of carbonyl (C=O) groups is 2. The first-order valence-corrected chi connectivity index (χ1v) is 12.1. The molecule has 0 spiro atoms. The molecule has 0 aliphatic heterocycles. The molecule has 3 nitrogen and oxygen atoms in total. The monoisotopic (exact) mass is 432 g/mol. The number of benzene rings is 3. The van der Waals surface area contributed by atoms with Gasteiger partial charge in [0.1, 0.15) is 0 Å². The Kier molecular flexibility index (Phi) is 6.21. The summed E-state index contributed by atoms with van der Waals surface area (Å²) in [6.45, 7) is 13.2. The van der Waals surface area contributed by atoms with Crippen LogP contribution in [0.3, 0.4) is 0 Å². The lowest BCUT2D eigenvalue weighted by Crippen LogP contribution is -2.23. The summed E-state index contributed by atoms with van der Waals surface area (Å²) < 4.78 is 14.6. The number of hydrogen-bond acceptors (Lipinski definition) is 3. The Balaban J connectivity index is 2.35. The Hall–Kier alpha value is -2.77. The molecular weight excluding hydrogens is 403 g/mol. The molecule has 0 heterocycles. The maximum atomic E-state index is 14.6. The molecule has 0 bridgehead atoms. The van der Waals surface area contributed by atoms with Crippen LogP contribution in [-0.2, 0) is 4.57 Å². The summed E-state index contributed by atoms with van der Waals surface area (Å²) in [4.78, 5) is 28.0. The van der Waals surface area contributed by atoms with E-state index >= 15 is 0 Å². The molecule has 1 atom stereocenters. The summed E-state index contributed by atoms with van der Waals surface area (Å²) >= 11 is 0. The number of rotatable bonds is 5. The zero-order chi connectivity index (χ0) is 23.1. The van der Waals surface area contributed by atoms with Crippen LogP contribution in [0, 0.1) is 48.5 Å². The van der Waals surface area contributed by atoms with Crippen molar-refractivity contribution in [1.29, 1.82) is 0 Å². The first-order valence-electron chi connectivity index (χ1n) is 10.4. The zero-order valence-corrected chi connectivity index (χ0v) is 20.2. The standard InChI is InChI=1S/C27H29O3P/c1-16-13-14-17(2)24(21(16)6)26(28)31(30,23-11-9-8-10-12-23)27(29)25-19(4)15-18(3)20(5)22(25)7/h8-15H,1-7H3. The third-order valence-corrected chi connectivity index (χ3v) is 9.04. The molecule has 31 heavy (non-hydrogen) atoms. The molecule has 4 heteroatoms. The Bertz CT molecular complexity index is 1250. The Morgan fingerprint density at radius 2 is 1.10 bits per heavy atom.